The zero-order valence-electron chi connectivity index (χ0n) is 8.78. The fourth-order valence-electron chi connectivity index (χ4n) is 1.58. The Morgan fingerprint density at radius 2 is 1.82 bits per heavy atom. The van der Waals surface area contributed by atoms with Gasteiger partial charge in [0.05, 0.1) is 0 Å². The van der Waals surface area contributed by atoms with Crippen LogP contribution in [-0.2, 0) is 0 Å². The first kappa shape index (κ1) is 11.0. The summed E-state index contributed by atoms with van der Waals surface area (Å²) in [6, 6.07) is 0. The van der Waals surface area contributed by atoms with Gasteiger partial charge in [-0.15, -0.1) is 0 Å². The molecule has 0 rings (SSSR count). The summed E-state index contributed by atoms with van der Waals surface area (Å²) < 4.78 is 0. The largest absolute Gasteiger partial charge is 0.0651 e. The molecule has 0 saturated heterocycles. The first-order chi connectivity index (χ1) is 4.95. The van der Waals surface area contributed by atoms with E-state index >= 15 is 0 Å². The maximum absolute atomic E-state index is 2.39. The minimum Gasteiger partial charge on any atom is -0.0651 e. The molecule has 0 aliphatic rings. The van der Waals surface area contributed by atoms with Gasteiger partial charge >= 0.3 is 0 Å². The lowest BCUT2D eigenvalue weighted by Gasteiger charge is -2.22. The Morgan fingerprint density at radius 3 is 2.18 bits per heavy atom. The smallest absolute Gasteiger partial charge is 0.0380 e. The summed E-state index contributed by atoms with van der Waals surface area (Å²) in [5, 5.41) is 0. The Hall–Kier alpha value is 0. The fraction of sp³-hybridized carbons (Fsp3) is 0.909. The highest BCUT2D eigenvalue weighted by Gasteiger charge is 2.14. The summed E-state index contributed by atoms with van der Waals surface area (Å²) in [6.45, 7) is 11.5. The Balaban J connectivity index is 3.44. The van der Waals surface area contributed by atoms with Gasteiger partial charge in [-0.3, -0.25) is 0 Å². The van der Waals surface area contributed by atoms with Crippen molar-refractivity contribution in [2.75, 3.05) is 0 Å². The van der Waals surface area contributed by atoms with Gasteiger partial charge in [-0.2, -0.15) is 0 Å². The quantitative estimate of drug-likeness (QED) is 0.574. The molecule has 1 radical (unpaired) electrons. The van der Waals surface area contributed by atoms with Crippen molar-refractivity contribution in [1.82, 2.24) is 0 Å². The van der Waals surface area contributed by atoms with E-state index in [4.69, 9.17) is 0 Å². The van der Waals surface area contributed by atoms with E-state index in [-0.39, 0.29) is 0 Å². The Labute approximate surface area is 72.4 Å². The fourth-order valence-corrected chi connectivity index (χ4v) is 1.58. The lowest BCUT2D eigenvalue weighted by atomic mass is 9.83. The molecule has 11 heavy (non-hydrogen) atoms. The maximum atomic E-state index is 2.39. The molecule has 0 aromatic carbocycles. The molecule has 0 bridgehead atoms. The van der Waals surface area contributed by atoms with Crippen LogP contribution in [0.3, 0.4) is 0 Å². The second-order valence-electron chi connectivity index (χ2n) is 4.80. The topological polar surface area (TPSA) is 0 Å². The van der Waals surface area contributed by atoms with Gasteiger partial charge < -0.3 is 0 Å². The first-order valence-corrected chi connectivity index (χ1v) is 4.77. The van der Waals surface area contributed by atoms with Crippen LogP contribution in [0.25, 0.3) is 0 Å². The summed E-state index contributed by atoms with van der Waals surface area (Å²) >= 11 is 0. The molecule has 0 fully saturated rings. The molecule has 0 heterocycles. The normalized spacial score (nSPS) is 15.0. The van der Waals surface area contributed by atoms with Gasteiger partial charge in [0.25, 0.3) is 0 Å². The van der Waals surface area contributed by atoms with Crippen molar-refractivity contribution in [3.05, 3.63) is 6.42 Å². The van der Waals surface area contributed by atoms with Crippen LogP contribution in [0, 0.1) is 17.8 Å². The van der Waals surface area contributed by atoms with Crippen LogP contribution < -0.4 is 0 Å². The number of hydrogen-bond acceptors (Lipinski definition) is 0. The summed E-state index contributed by atoms with van der Waals surface area (Å²) in [7, 11) is 0. The summed E-state index contributed by atoms with van der Waals surface area (Å²) in [5.74, 6) is 0.856. The van der Waals surface area contributed by atoms with Gasteiger partial charge in [0.2, 0.25) is 0 Å². The molecule has 0 aliphatic carbocycles. The monoisotopic (exact) mass is 155 g/mol. The Kier molecular flexibility index (Phi) is 4.79. The molecule has 0 saturated carbocycles. The van der Waals surface area contributed by atoms with Gasteiger partial charge in [-0.1, -0.05) is 41.0 Å². The van der Waals surface area contributed by atoms with Crippen LogP contribution in [0.1, 0.15) is 53.9 Å². The minimum atomic E-state index is 0.501. The molecule has 1 unspecified atom stereocenters. The Bertz CT molecular complexity index is 86.7. The van der Waals surface area contributed by atoms with E-state index in [9.17, 15) is 0 Å². The predicted octanol–water partition coefficient (Wildman–Crippen LogP) is 4.06. The zero-order chi connectivity index (χ0) is 8.91. The van der Waals surface area contributed by atoms with Crippen LogP contribution in [-0.4, -0.2) is 0 Å². The lowest BCUT2D eigenvalue weighted by Crippen LogP contribution is -2.10. The van der Waals surface area contributed by atoms with Crippen molar-refractivity contribution in [3.8, 4) is 0 Å². The molecule has 0 amide bonds. The van der Waals surface area contributed by atoms with Gasteiger partial charge in [0, 0.05) is 0 Å². The average molecular weight is 155 g/mol. The van der Waals surface area contributed by atoms with Crippen LogP contribution in [0.5, 0.6) is 0 Å². The van der Waals surface area contributed by atoms with Crippen LogP contribution in [0.2, 0.25) is 0 Å². The second-order valence-corrected chi connectivity index (χ2v) is 4.80. The Morgan fingerprint density at radius 1 is 1.27 bits per heavy atom. The minimum absolute atomic E-state index is 0.501. The molecule has 0 aliphatic heterocycles. The van der Waals surface area contributed by atoms with E-state index in [0.29, 0.717) is 5.41 Å². The molecule has 0 nitrogen and oxygen atoms in total. The predicted molar refractivity (Wildman–Crippen MR) is 52.4 cm³/mol. The van der Waals surface area contributed by atoms with Crippen molar-refractivity contribution in [3.63, 3.8) is 0 Å². The van der Waals surface area contributed by atoms with Gasteiger partial charge in [0.1, 0.15) is 0 Å². The maximum Gasteiger partial charge on any atom is -0.0380 e. The van der Waals surface area contributed by atoms with Crippen molar-refractivity contribution in [2.24, 2.45) is 11.3 Å². The highest BCUT2D eigenvalue weighted by atomic mass is 14.2. The molecule has 0 aromatic heterocycles. The van der Waals surface area contributed by atoms with E-state index in [0.717, 1.165) is 5.92 Å². The third-order valence-corrected chi connectivity index (χ3v) is 1.82. The SMILES string of the molecule is CC[CH]CC(C)CC(C)(C)C. The summed E-state index contributed by atoms with van der Waals surface area (Å²) in [6.07, 6.45) is 6.22. The van der Waals surface area contributed by atoms with Crippen LogP contribution in [0.15, 0.2) is 0 Å². The molecule has 0 spiro atoms. The van der Waals surface area contributed by atoms with E-state index < -0.39 is 0 Å². The van der Waals surface area contributed by atoms with Crippen molar-refractivity contribution in [1.29, 1.82) is 0 Å². The molecular weight excluding hydrogens is 132 g/mol. The molecule has 67 valence electrons. The average Bonchev–Trinajstić information content (AvgIpc) is 1.79. The van der Waals surface area contributed by atoms with Crippen molar-refractivity contribution < 1.29 is 0 Å². The third kappa shape index (κ3) is 7.90. The van der Waals surface area contributed by atoms with Gasteiger partial charge in [-0.05, 0) is 30.6 Å². The van der Waals surface area contributed by atoms with Crippen LogP contribution >= 0.6 is 0 Å². The summed E-state index contributed by atoms with van der Waals surface area (Å²) in [4.78, 5) is 0. The highest BCUT2D eigenvalue weighted by molar-refractivity contribution is 4.71. The standard InChI is InChI=1S/C11H23/c1-6-7-8-10(2)9-11(3,4)5/h7,10H,6,8-9H2,1-5H3. The van der Waals surface area contributed by atoms with Crippen molar-refractivity contribution in [2.45, 2.75) is 53.9 Å². The van der Waals surface area contributed by atoms with E-state index in [2.05, 4.69) is 41.0 Å². The van der Waals surface area contributed by atoms with Crippen LogP contribution in [0.4, 0.5) is 0 Å². The number of rotatable bonds is 4. The molecule has 0 N–H and O–H groups in total. The van der Waals surface area contributed by atoms with Gasteiger partial charge in [-0.25, -0.2) is 0 Å². The van der Waals surface area contributed by atoms with Gasteiger partial charge in [0.15, 0.2) is 0 Å². The molecule has 0 aromatic rings. The molecule has 1 atom stereocenters. The lowest BCUT2D eigenvalue weighted by molar-refractivity contribution is 0.304. The first-order valence-electron chi connectivity index (χ1n) is 4.77. The molecule has 0 heteroatoms. The van der Waals surface area contributed by atoms with E-state index in [1.807, 2.05) is 0 Å². The number of hydrogen-bond donors (Lipinski definition) is 0. The third-order valence-electron chi connectivity index (χ3n) is 1.82. The van der Waals surface area contributed by atoms with E-state index in [1.54, 1.807) is 0 Å². The number of unbranched alkanes of at least 4 members (excludes halogenated alkanes) is 1. The van der Waals surface area contributed by atoms with E-state index in [1.165, 1.54) is 19.3 Å². The van der Waals surface area contributed by atoms with Crippen molar-refractivity contribution >= 4 is 0 Å². The zero-order valence-corrected chi connectivity index (χ0v) is 8.78. The second kappa shape index (κ2) is 4.79. The summed E-state index contributed by atoms with van der Waals surface area (Å²) in [5.41, 5.74) is 0.501. The highest BCUT2D eigenvalue weighted by Crippen LogP contribution is 2.26. The molecular formula is C11H23.